The van der Waals surface area contributed by atoms with Crippen molar-refractivity contribution in [3.05, 3.63) is 58.9 Å². The molecule has 3 nitrogen and oxygen atoms in total. The Labute approximate surface area is 183 Å². The first-order chi connectivity index (χ1) is 14.7. The van der Waals surface area contributed by atoms with E-state index in [2.05, 4.69) is 19.9 Å². The Morgan fingerprint density at radius 3 is 2.48 bits per heavy atom. The van der Waals surface area contributed by atoms with Gasteiger partial charge in [0.25, 0.3) is 0 Å². The van der Waals surface area contributed by atoms with E-state index in [0.717, 1.165) is 18.4 Å². The molecule has 0 unspecified atom stereocenters. The summed E-state index contributed by atoms with van der Waals surface area (Å²) in [7, 11) is 0. The zero-order valence-electron chi connectivity index (χ0n) is 18.4. The van der Waals surface area contributed by atoms with Crippen molar-refractivity contribution in [2.24, 2.45) is 34.5 Å². The number of rotatable bonds is 3. The molecule has 1 aromatic carbocycles. The fourth-order valence-corrected chi connectivity index (χ4v) is 7.56. The Hall–Kier alpha value is -2.23. The summed E-state index contributed by atoms with van der Waals surface area (Å²) in [5, 5.41) is 9.58. The van der Waals surface area contributed by atoms with Crippen molar-refractivity contribution in [1.29, 1.82) is 0 Å². The Bertz CT molecular complexity index is 990. The quantitative estimate of drug-likeness (QED) is 0.589. The summed E-state index contributed by atoms with van der Waals surface area (Å²) >= 11 is 0. The topological polar surface area (TPSA) is 54.4 Å². The number of halogens is 1. The molecule has 31 heavy (non-hydrogen) atoms. The van der Waals surface area contributed by atoms with Crippen LogP contribution < -0.4 is 0 Å². The molecule has 4 heteroatoms. The molecule has 2 fully saturated rings. The number of fused-ring (bicyclic) bond motifs is 5. The Balaban J connectivity index is 1.64. The van der Waals surface area contributed by atoms with Gasteiger partial charge >= 0.3 is 5.97 Å². The minimum Gasteiger partial charge on any atom is -0.478 e. The highest BCUT2D eigenvalue weighted by molar-refractivity contribution is 5.99. The molecule has 0 heterocycles. The molecule has 5 rings (SSSR count). The molecule has 1 aromatic rings. The molecule has 6 atom stereocenters. The highest BCUT2D eigenvalue weighted by Crippen LogP contribution is 2.65. The summed E-state index contributed by atoms with van der Waals surface area (Å²) < 4.78 is 13.5. The smallest absolute Gasteiger partial charge is 0.331 e. The largest absolute Gasteiger partial charge is 0.478 e. The van der Waals surface area contributed by atoms with Crippen LogP contribution >= 0.6 is 0 Å². The predicted octanol–water partition coefficient (Wildman–Crippen LogP) is 6.21. The van der Waals surface area contributed by atoms with Crippen LogP contribution in [0.25, 0.3) is 0 Å². The zero-order valence-corrected chi connectivity index (χ0v) is 18.4. The Morgan fingerprint density at radius 1 is 1.03 bits per heavy atom. The summed E-state index contributed by atoms with van der Waals surface area (Å²) in [6, 6.07) is 5.90. The van der Waals surface area contributed by atoms with Crippen molar-refractivity contribution < 1.29 is 19.1 Å². The number of carboxylic acid groups (broad SMARTS) is 1. The number of allylic oxidation sites excluding steroid dienone is 3. The van der Waals surface area contributed by atoms with E-state index < -0.39 is 5.97 Å². The summed E-state index contributed by atoms with van der Waals surface area (Å²) in [6.07, 6.45) is 11.3. The lowest BCUT2D eigenvalue weighted by molar-refractivity contribution is -0.133. The van der Waals surface area contributed by atoms with E-state index in [9.17, 15) is 19.1 Å². The molecule has 1 N–H and O–H groups in total. The second kappa shape index (κ2) is 7.15. The Kier molecular flexibility index (Phi) is 4.76. The fourth-order valence-electron chi connectivity index (χ4n) is 7.56. The highest BCUT2D eigenvalue weighted by atomic mass is 19.1. The first-order valence-corrected chi connectivity index (χ1v) is 11.7. The van der Waals surface area contributed by atoms with E-state index in [0.29, 0.717) is 34.8 Å². The minimum absolute atomic E-state index is 0.0524. The molecule has 4 aliphatic rings. The number of hydrogen-bond acceptors (Lipinski definition) is 2. The molecule has 0 spiro atoms. The minimum atomic E-state index is -0.863. The molecule has 4 aliphatic carbocycles. The number of aliphatic carboxylic acids is 1. The third-order valence-corrected chi connectivity index (χ3v) is 9.32. The van der Waals surface area contributed by atoms with Gasteiger partial charge in [0.15, 0.2) is 5.78 Å². The van der Waals surface area contributed by atoms with Gasteiger partial charge in [-0.3, -0.25) is 4.79 Å². The van der Waals surface area contributed by atoms with Crippen molar-refractivity contribution in [3.8, 4) is 0 Å². The maximum absolute atomic E-state index is 13.7. The van der Waals surface area contributed by atoms with Crippen molar-refractivity contribution in [2.45, 2.75) is 58.8 Å². The molecule has 164 valence electrons. The molecule has 0 bridgehead atoms. The normalized spacial score (nSPS) is 38.9. The fraction of sp³-hybridized carbons (Fsp3) is 0.556. The number of benzene rings is 1. The van der Waals surface area contributed by atoms with E-state index in [-0.39, 0.29) is 28.9 Å². The van der Waals surface area contributed by atoms with Crippen LogP contribution in [-0.2, 0) is 4.79 Å². The van der Waals surface area contributed by atoms with E-state index in [4.69, 9.17) is 0 Å². The first-order valence-electron chi connectivity index (χ1n) is 11.7. The van der Waals surface area contributed by atoms with Gasteiger partial charge in [0.2, 0.25) is 0 Å². The van der Waals surface area contributed by atoms with E-state index in [1.807, 2.05) is 6.08 Å². The van der Waals surface area contributed by atoms with Crippen LogP contribution in [0.3, 0.4) is 0 Å². The lowest BCUT2D eigenvalue weighted by Gasteiger charge is -2.58. The van der Waals surface area contributed by atoms with Gasteiger partial charge in [0.05, 0.1) is 0 Å². The zero-order chi connectivity index (χ0) is 22.0. The van der Waals surface area contributed by atoms with Crippen LogP contribution in [0.5, 0.6) is 0 Å². The molecule has 0 aliphatic heterocycles. The van der Waals surface area contributed by atoms with Crippen molar-refractivity contribution in [2.75, 3.05) is 0 Å². The molecule has 2 saturated carbocycles. The van der Waals surface area contributed by atoms with Gasteiger partial charge in [-0.25, -0.2) is 9.18 Å². The second-order valence-corrected chi connectivity index (χ2v) is 10.8. The maximum Gasteiger partial charge on any atom is 0.331 e. The molecular weight excluding hydrogens is 391 g/mol. The van der Waals surface area contributed by atoms with Crippen molar-refractivity contribution >= 4 is 11.8 Å². The number of carbonyl (C=O) groups excluding carboxylic acids is 1. The number of hydrogen-bond donors (Lipinski definition) is 1. The molecule has 0 saturated heterocycles. The molecular formula is C27H31FO3. The van der Waals surface area contributed by atoms with Gasteiger partial charge in [-0.2, -0.15) is 0 Å². The molecule has 0 radical (unpaired) electrons. The monoisotopic (exact) mass is 422 g/mol. The third kappa shape index (κ3) is 3.13. The summed E-state index contributed by atoms with van der Waals surface area (Å²) in [5.74, 6) is -0.260. The number of carboxylic acids is 1. The lowest BCUT2D eigenvalue weighted by atomic mass is 9.46. The predicted molar refractivity (Wildman–Crippen MR) is 117 cm³/mol. The average molecular weight is 423 g/mol. The van der Waals surface area contributed by atoms with Crippen molar-refractivity contribution in [1.82, 2.24) is 0 Å². The van der Waals surface area contributed by atoms with Gasteiger partial charge in [-0.1, -0.05) is 26.3 Å². The number of Topliss-reactive ketones (excluding diaryl/α,β-unsaturated/α-hetero) is 1. The van der Waals surface area contributed by atoms with Gasteiger partial charge in [-0.05, 0) is 103 Å². The summed E-state index contributed by atoms with van der Waals surface area (Å²) in [5.41, 5.74) is 2.24. The van der Waals surface area contributed by atoms with E-state index >= 15 is 0 Å². The highest BCUT2D eigenvalue weighted by Gasteiger charge is 2.59. The summed E-state index contributed by atoms with van der Waals surface area (Å²) in [6.45, 7) is 4.70. The number of ketones is 1. The van der Waals surface area contributed by atoms with Crippen molar-refractivity contribution in [3.63, 3.8) is 0 Å². The lowest BCUT2D eigenvalue weighted by Crippen LogP contribution is -2.52. The van der Waals surface area contributed by atoms with Crippen LogP contribution in [-0.4, -0.2) is 16.9 Å². The van der Waals surface area contributed by atoms with Crippen LogP contribution in [0.15, 0.2) is 47.6 Å². The van der Waals surface area contributed by atoms with Gasteiger partial charge < -0.3 is 5.11 Å². The average Bonchev–Trinajstić information content (AvgIpc) is 3.14. The van der Waals surface area contributed by atoms with E-state index in [1.54, 1.807) is 12.1 Å². The molecule has 0 aromatic heterocycles. The van der Waals surface area contributed by atoms with Gasteiger partial charge in [-0.15, -0.1) is 0 Å². The molecule has 0 amide bonds. The number of carbonyl (C=O) groups is 2. The maximum atomic E-state index is 13.7. The van der Waals surface area contributed by atoms with Gasteiger partial charge in [0.1, 0.15) is 5.82 Å². The SMILES string of the molecule is C[C@@]12CCC[C@H]1[C@@H]1[C@@H](C(=O)c3ccc(F)cc3)C=C3C=C(C(=O)O)CC[C@]3(C)[C@H]1CC2. The third-order valence-electron chi connectivity index (χ3n) is 9.32. The van der Waals surface area contributed by atoms with E-state index in [1.165, 1.54) is 37.8 Å². The standard InChI is InChI=1S/C27H31FO3/c1-26-11-3-4-21(26)23-20(24(29)16-5-7-19(28)8-6-16)15-18-14-17(25(30)31)9-13-27(18,2)22(23)10-12-26/h5-8,14-15,20-23H,3-4,9-13H2,1-2H3,(H,30,31)/t20-,21-,22-,23-,26-,27-/m0/s1. The van der Waals surface area contributed by atoms with Gasteiger partial charge in [0, 0.05) is 17.1 Å². The van der Waals surface area contributed by atoms with Crippen LogP contribution in [0.4, 0.5) is 4.39 Å². The van der Waals surface area contributed by atoms with Crippen LogP contribution in [0, 0.1) is 40.3 Å². The van der Waals surface area contributed by atoms with Crippen LogP contribution in [0.2, 0.25) is 0 Å². The first kappa shape index (κ1) is 20.7. The van der Waals surface area contributed by atoms with Crippen LogP contribution in [0.1, 0.15) is 69.2 Å². The summed E-state index contributed by atoms with van der Waals surface area (Å²) in [4.78, 5) is 25.4. The Morgan fingerprint density at radius 2 is 1.77 bits per heavy atom. The second-order valence-electron chi connectivity index (χ2n) is 10.8.